The molecule has 1 atom stereocenters. The van der Waals surface area contributed by atoms with Crippen molar-refractivity contribution in [1.82, 2.24) is 0 Å². The van der Waals surface area contributed by atoms with Gasteiger partial charge >= 0.3 is 5.97 Å². The molecule has 0 rings (SSSR count). The van der Waals surface area contributed by atoms with Crippen LogP contribution in [0.25, 0.3) is 0 Å². The van der Waals surface area contributed by atoms with Crippen LogP contribution in [0.4, 0.5) is 0 Å². The quantitative estimate of drug-likeness (QED) is 0.570. The summed E-state index contributed by atoms with van der Waals surface area (Å²) in [5.41, 5.74) is 0. The van der Waals surface area contributed by atoms with E-state index in [4.69, 9.17) is 4.74 Å². The van der Waals surface area contributed by atoms with E-state index in [0.29, 0.717) is 13.0 Å². The molecule has 0 fully saturated rings. The number of esters is 1. The first-order valence-electron chi connectivity index (χ1n) is 3.93. The Hall–Kier alpha value is -0.570. The Balaban J connectivity index is 3.58. The van der Waals surface area contributed by atoms with Gasteiger partial charge in [0.15, 0.2) is 0 Å². The molecule has 0 aromatic carbocycles. The van der Waals surface area contributed by atoms with Gasteiger partial charge in [0.25, 0.3) is 0 Å². The van der Waals surface area contributed by atoms with Crippen LogP contribution in [0.15, 0.2) is 0 Å². The maximum Gasteiger partial charge on any atom is 0.308 e. The van der Waals surface area contributed by atoms with E-state index < -0.39 is 0 Å². The molecule has 0 amide bonds. The number of carbonyl (C=O) groups excluding carboxylic acids is 1. The molecule has 3 heteroatoms. The third-order valence-corrected chi connectivity index (χ3v) is 1.48. The fourth-order valence-corrected chi connectivity index (χ4v) is 0.826. The maximum atomic E-state index is 10.8. The molecule has 0 saturated heterocycles. The molecule has 0 heterocycles. The summed E-state index contributed by atoms with van der Waals surface area (Å²) in [6.07, 6.45) is 1.23. The van der Waals surface area contributed by atoms with Gasteiger partial charge in [-0.2, -0.15) is 0 Å². The van der Waals surface area contributed by atoms with Crippen LogP contribution in [0, 0.1) is 0 Å². The third kappa shape index (κ3) is 4.79. The summed E-state index contributed by atoms with van der Waals surface area (Å²) in [5.74, 6) is -0.203. The molecular weight excluding hydrogens is 144 g/mol. The van der Waals surface area contributed by atoms with Gasteiger partial charge in [-0.15, -0.1) is 0 Å². The van der Waals surface area contributed by atoms with Crippen LogP contribution >= 0.6 is 0 Å². The van der Waals surface area contributed by atoms with Crippen molar-refractivity contribution in [1.29, 1.82) is 0 Å². The molecule has 1 unspecified atom stereocenters. The topological polar surface area (TPSA) is 35.5 Å². The minimum atomic E-state index is -0.203. The first-order valence-corrected chi connectivity index (χ1v) is 3.93. The zero-order valence-corrected chi connectivity index (χ0v) is 7.42. The molecule has 0 aliphatic heterocycles. The van der Waals surface area contributed by atoms with Crippen molar-refractivity contribution in [3.8, 4) is 0 Å². The Kier molecular flexibility index (Phi) is 5.84. The van der Waals surface area contributed by atoms with E-state index >= 15 is 0 Å². The molecule has 0 N–H and O–H groups in total. The lowest BCUT2D eigenvalue weighted by atomic mass is 10.2. The predicted molar refractivity (Wildman–Crippen MR) is 42.3 cm³/mol. The molecule has 11 heavy (non-hydrogen) atoms. The van der Waals surface area contributed by atoms with Gasteiger partial charge in [0.2, 0.25) is 0 Å². The van der Waals surface area contributed by atoms with E-state index in [-0.39, 0.29) is 12.1 Å². The van der Waals surface area contributed by atoms with Crippen molar-refractivity contribution in [3.05, 3.63) is 0 Å². The smallest absolute Gasteiger partial charge is 0.308 e. The second-order valence-corrected chi connectivity index (χ2v) is 2.27. The van der Waals surface area contributed by atoms with E-state index in [0.717, 1.165) is 6.42 Å². The van der Waals surface area contributed by atoms with E-state index in [9.17, 15) is 4.79 Å². The molecule has 0 radical (unpaired) electrons. The van der Waals surface area contributed by atoms with E-state index in [1.165, 1.54) is 7.11 Å². The molecule has 0 aliphatic carbocycles. The van der Waals surface area contributed by atoms with Gasteiger partial charge in [-0.25, -0.2) is 0 Å². The van der Waals surface area contributed by atoms with Gasteiger partial charge in [0, 0.05) is 6.61 Å². The lowest BCUT2D eigenvalue weighted by Gasteiger charge is -2.12. The third-order valence-electron chi connectivity index (χ3n) is 1.48. The van der Waals surface area contributed by atoms with Crippen LogP contribution in [0.2, 0.25) is 0 Å². The molecule has 0 aromatic rings. The summed E-state index contributed by atoms with van der Waals surface area (Å²) in [7, 11) is 1.39. The van der Waals surface area contributed by atoms with Gasteiger partial charge < -0.3 is 9.47 Å². The SMILES string of the molecule is CCOC(CC)CC(=O)OC. The second kappa shape index (κ2) is 6.16. The van der Waals surface area contributed by atoms with Crippen LogP contribution in [-0.4, -0.2) is 25.8 Å². The summed E-state index contributed by atoms with van der Waals surface area (Å²) in [6, 6.07) is 0. The molecule has 0 spiro atoms. The van der Waals surface area contributed by atoms with Crippen LogP contribution in [-0.2, 0) is 14.3 Å². The molecule has 0 aromatic heterocycles. The monoisotopic (exact) mass is 160 g/mol. The van der Waals surface area contributed by atoms with Crippen LogP contribution in [0.5, 0.6) is 0 Å². The average Bonchev–Trinajstić information content (AvgIpc) is 2.03. The fraction of sp³-hybridized carbons (Fsp3) is 0.875. The lowest BCUT2D eigenvalue weighted by molar-refractivity contribution is -0.143. The number of ether oxygens (including phenoxy) is 2. The van der Waals surface area contributed by atoms with Crippen LogP contribution in [0.1, 0.15) is 26.7 Å². The molecule has 0 aliphatic rings. The van der Waals surface area contributed by atoms with Gasteiger partial charge in [-0.3, -0.25) is 4.79 Å². The van der Waals surface area contributed by atoms with E-state index in [2.05, 4.69) is 4.74 Å². The van der Waals surface area contributed by atoms with Crippen molar-refractivity contribution in [2.45, 2.75) is 32.8 Å². The Bertz CT molecular complexity index is 112. The number of rotatable bonds is 5. The lowest BCUT2D eigenvalue weighted by Crippen LogP contribution is -2.17. The molecule has 3 nitrogen and oxygen atoms in total. The highest BCUT2D eigenvalue weighted by Gasteiger charge is 2.11. The van der Waals surface area contributed by atoms with Crippen LogP contribution < -0.4 is 0 Å². The van der Waals surface area contributed by atoms with Gasteiger partial charge in [0.1, 0.15) is 0 Å². The Labute approximate surface area is 67.7 Å². The molecular formula is C8H16O3. The van der Waals surface area contributed by atoms with Crippen molar-refractivity contribution in [3.63, 3.8) is 0 Å². The van der Waals surface area contributed by atoms with Crippen molar-refractivity contribution in [2.24, 2.45) is 0 Å². The number of carbonyl (C=O) groups is 1. The zero-order chi connectivity index (χ0) is 8.69. The number of hydrogen-bond acceptors (Lipinski definition) is 3. The van der Waals surface area contributed by atoms with E-state index in [1.54, 1.807) is 0 Å². The van der Waals surface area contributed by atoms with Crippen molar-refractivity contribution in [2.75, 3.05) is 13.7 Å². The molecule has 0 bridgehead atoms. The van der Waals surface area contributed by atoms with Gasteiger partial charge in [-0.1, -0.05) is 6.92 Å². The fourth-order valence-electron chi connectivity index (χ4n) is 0.826. The number of hydrogen-bond donors (Lipinski definition) is 0. The van der Waals surface area contributed by atoms with Crippen molar-refractivity contribution >= 4 is 5.97 Å². The Morgan fingerprint density at radius 1 is 1.45 bits per heavy atom. The summed E-state index contributed by atoms with van der Waals surface area (Å²) in [4.78, 5) is 10.8. The minimum Gasteiger partial charge on any atom is -0.469 e. The average molecular weight is 160 g/mol. The van der Waals surface area contributed by atoms with Gasteiger partial charge in [0.05, 0.1) is 19.6 Å². The Morgan fingerprint density at radius 2 is 2.09 bits per heavy atom. The highest BCUT2D eigenvalue weighted by Crippen LogP contribution is 2.03. The summed E-state index contributed by atoms with van der Waals surface area (Å²) in [6.45, 7) is 4.55. The zero-order valence-electron chi connectivity index (χ0n) is 7.42. The first-order chi connectivity index (χ1) is 5.24. The highest BCUT2D eigenvalue weighted by molar-refractivity contribution is 5.69. The maximum absolute atomic E-state index is 10.8. The minimum absolute atomic E-state index is 0.0208. The molecule has 66 valence electrons. The van der Waals surface area contributed by atoms with Crippen molar-refractivity contribution < 1.29 is 14.3 Å². The normalized spacial score (nSPS) is 12.6. The molecule has 0 saturated carbocycles. The van der Waals surface area contributed by atoms with E-state index in [1.807, 2.05) is 13.8 Å². The number of methoxy groups -OCH3 is 1. The van der Waals surface area contributed by atoms with Crippen LogP contribution in [0.3, 0.4) is 0 Å². The second-order valence-electron chi connectivity index (χ2n) is 2.27. The predicted octanol–water partition coefficient (Wildman–Crippen LogP) is 1.36. The summed E-state index contributed by atoms with van der Waals surface area (Å²) >= 11 is 0. The van der Waals surface area contributed by atoms with Gasteiger partial charge in [-0.05, 0) is 13.3 Å². The summed E-state index contributed by atoms with van der Waals surface area (Å²) in [5, 5.41) is 0. The Morgan fingerprint density at radius 3 is 2.45 bits per heavy atom. The summed E-state index contributed by atoms with van der Waals surface area (Å²) < 4.78 is 9.77. The highest BCUT2D eigenvalue weighted by atomic mass is 16.5. The standard InChI is InChI=1S/C8H16O3/c1-4-7(11-5-2)6-8(9)10-3/h7H,4-6H2,1-3H3. The largest absolute Gasteiger partial charge is 0.469 e. The first kappa shape index (κ1) is 10.4.